The van der Waals surface area contributed by atoms with Gasteiger partial charge in [-0.3, -0.25) is 0 Å². The van der Waals surface area contributed by atoms with Crippen LogP contribution in [0.4, 0.5) is 0 Å². The fourth-order valence-electron chi connectivity index (χ4n) is 2.80. The molecule has 3 rings (SSSR count). The number of hydrogen-bond donors (Lipinski definition) is 1. The van der Waals surface area contributed by atoms with E-state index in [1.165, 1.54) is 26.4 Å². The molecule has 0 aliphatic carbocycles. The quantitative estimate of drug-likeness (QED) is 0.801. The van der Waals surface area contributed by atoms with Crippen LogP contribution in [0, 0.1) is 13.8 Å². The van der Waals surface area contributed by atoms with E-state index in [1.807, 2.05) is 0 Å². The van der Waals surface area contributed by atoms with Gasteiger partial charge in [0.1, 0.15) is 0 Å². The van der Waals surface area contributed by atoms with E-state index in [1.54, 1.807) is 11.3 Å². The zero-order chi connectivity index (χ0) is 15.0. The van der Waals surface area contributed by atoms with Crippen LogP contribution in [0.1, 0.15) is 27.1 Å². The van der Waals surface area contributed by atoms with Crippen molar-refractivity contribution in [2.75, 3.05) is 6.54 Å². The summed E-state index contributed by atoms with van der Waals surface area (Å²) in [6, 6.07) is 8.53. The molecule has 0 saturated carbocycles. The van der Waals surface area contributed by atoms with E-state index in [4.69, 9.17) is 10.7 Å². The molecule has 21 heavy (non-hydrogen) atoms. The predicted octanol–water partition coefficient (Wildman–Crippen LogP) is 3.54. The minimum atomic E-state index is 0.299. The molecule has 0 saturated heterocycles. The number of nitrogens with two attached hydrogens (primary N) is 1. The van der Waals surface area contributed by atoms with Crippen molar-refractivity contribution < 1.29 is 0 Å². The van der Waals surface area contributed by atoms with Crippen molar-refractivity contribution in [2.45, 2.75) is 26.2 Å². The lowest BCUT2D eigenvalue weighted by molar-refractivity contribution is 0.688. The van der Waals surface area contributed by atoms with Gasteiger partial charge in [0.25, 0.3) is 0 Å². The summed E-state index contributed by atoms with van der Waals surface area (Å²) in [4.78, 5) is 5.99. The SMILES string of the molecule is Cc1nc(C(CN)Cc2cn(C)c3ccccc23)sc1C. The van der Waals surface area contributed by atoms with Crippen molar-refractivity contribution in [2.24, 2.45) is 12.8 Å². The molecule has 1 unspecified atom stereocenters. The molecule has 2 heterocycles. The number of hydrogen-bond acceptors (Lipinski definition) is 3. The third-order valence-corrected chi connectivity index (χ3v) is 5.36. The van der Waals surface area contributed by atoms with Gasteiger partial charge in [-0.2, -0.15) is 0 Å². The number of rotatable bonds is 4. The second-order valence-corrected chi connectivity index (χ2v) is 6.85. The summed E-state index contributed by atoms with van der Waals surface area (Å²) in [6.45, 7) is 4.83. The maximum atomic E-state index is 6.02. The lowest BCUT2D eigenvalue weighted by atomic mass is 9.99. The Morgan fingerprint density at radius 1 is 1.29 bits per heavy atom. The molecular weight excluding hydrogens is 278 g/mol. The maximum absolute atomic E-state index is 6.02. The van der Waals surface area contributed by atoms with E-state index in [-0.39, 0.29) is 0 Å². The maximum Gasteiger partial charge on any atom is 0.0977 e. The number of nitrogens with zero attached hydrogens (tertiary/aromatic N) is 2. The highest BCUT2D eigenvalue weighted by Crippen LogP contribution is 2.29. The topological polar surface area (TPSA) is 43.8 Å². The van der Waals surface area contributed by atoms with Gasteiger partial charge >= 0.3 is 0 Å². The highest BCUT2D eigenvalue weighted by atomic mass is 32.1. The number of thiazole rings is 1. The molecule has 0 spiro atoms. The van der Waals surface area contributed by atoms with Gasteiger partial charge in [-0.1, -0.05) is 18.2 Å². The van der Waals surface area contributed by atoms with Crippen molar-refractivity contribution in [3.05, 3.63) is 51.6 Å². The Kier molecular flexibility index (Phi) is 3.83. The van der Waals surface area contributed by atoms with Gasteiger partial charge in [0.05, 0.1) is 10.7 Å². The Morgan fingerprint density at radius 3 is 2.71 bits per heavy atom. The van der Waals surface area contributed by atoms with Gasteiger partial charge in [-0.15, -0.1) is 11.3 Å². The monoisotopic (exact) mass is 299 g/mol. The summed E-state index contributed by atoms with van der Waals surface area (Å²) in [7, 11) is 2.10. The molecule has 0 fully saturated rings. The van der Waals surface area contributed by atoms with E-state index < -0.39 is 0 Å². The molecule has 3 nitrogen and oxygen atoms in total. The van der Waals surface area contributed by atoms with Crippen LogP contribution in [0.15, 0.2) is 30.5 Å². The Labute approximate surface area is 129 Å². The van der Waals surface area contributed by atoms with Gasteiger partial charge in [0.2, 0.25) is 0 Å². The number of fused-ring (bicyclic) bond motifs is 1. The van der Waals surface area contributed by atoms with E-state index >= 15 is 0 Å². The molecule has 3 aromatic rings. The van der Waals surface area contributed by atoms with E-state index in [9.17, 15) is 0 Å². The number of para-hydroxylation sites is 1. The third kappa shape index (κ3) is 2.61. The van der Waals surface area contributed by atoms with Gasteiger partial charge in [0.15, 0.2) is 0 Å². The Balaban J connectivity index is 1.96. The van der Waals surface area contributed by atoms with Crippen molar-refractivity contribution in [3.63, 3.8) is 0 Å². The molecular formula is C17H21N3S. The Bertz CT molecular complexity index is 750. The summed E-state index contributed by atoms with van der Waals surface area (Å²) in [5, 5.41) is 2.49. The minimum Gasteiger partial charge on any atom is -0.350 e. The molecule has 0 aliphatic heterocycles. The smallest absolute Gasteiger partial charge is 0.0977 e. The summed E-state index contributed by atoms with van der Waals surface area (Å²) >= 11 is 1.78. The first-order valence-corrected chi connectivity index (χ1v) is 8.08. The van der Waals surface area contributed by atoms with Crippen LogP contribution in [0.5, 0.6) is 0 Å². The summed E-state index contributed by atoms with van der Waals surface area (Å²) in [5.41, 5.74) is 9.78. The fourth-order valence-corrected chi connectivity index (χ4v) is 3.83. The van der Waals surface area contributed by atoms with Crippen molar-refractivity contribution in [3.8, 4) is 0 Å². The largest absolute Gasteiger partial charge is 0.350 e. The first-order chi connectivity index (χ1) is 10.1. The zero-order valence-corrected chi connectivity index (χ0v) is 13.6. The molecule has 1 aromatic carbocycles. The van der Waals surface area contributed by atoms with Crippen LogP contribution in [0.2, 0.25) is 0 Å². The lowest BCUT2D eigenvalue weighted by Gasteiger charge is -2.11. The second kappa shape index (κ2) is 5.62. The first-order valence-electron chi connectivity index (χ1n) is 7.27. The van der Waals surface area contributed by atoms with Gasteiger partial charge in [-0.25, -0.2) is 4.98 Å². The average molecular weight is 299 g/mol. The lowest BCUT2D eigenvalue weighted by Crippen LogP contribution is -2.14. The van der Waals surface area contributed by atoms with Crippen molar-refractivity contribution in [1.29, 1.82) is 0 Å². The average Bonchev–Trinajstić information content (AvgIpc) is 2.98. The van der Waals surface area contributed by atoms with Crippen molar-refractivity contribution >= 4 is 22.2 Å². The predicted molar refractivity (Wildman–Crippen MR) is 90.0 cm³/mol. The zero-order valence-electron chi connectivity index (χ0n) is 12.8. The van der Waals surface area contributed by atoms with E-state index in [0.717, 1.165) is 12.1 Å². The molecule has 1 atom stereocenters. The molecule has 2 N–H and O–H groups in total. The summed E-state index contributed by atoms with van der Waals surface area (Å²) in [5.74, 6) is 0.299. The number of aryl methyl sites for hydroxylation is 3. The van der Waals surface area contributed by atoms with Crippen LogP contribution in [0.25, 0.3) is 10.9 Å². The molecule has 110 valence electrons. The molecule has 0 bridgehead atoms. The molecule has 4 heteroatoms. The Hall–Kier alpha value is -1.65. The standard InChI is InChI=1S/C17H21N3S/c1-11-12(2)21-17(19-11)13(9-18)8-14-10-20(3)16-7-5-4-6-15(14)16/h4-7,10,13H,8-9,18H2,1-3H3. The number of benzene rings is 1. The second-order valence-electron chi connectivity index (χ2n) is 5.61. The van der Waals surface area contributed by atoms with Gasteiger partial charge < -0.3 is 10.3 Å². The van der Waals surface area contributed by atoms with Gasteiger partial charge in [-0.05, 0) is 31.9 Å². The Morgan fingerprint density at radius 2 is 2.05 bits per heavy atom. The summed E-state index contributed by atoms with van der Waals surface area (Å²) < 4.78 is 2.19. The van der Waals surface area contributed by atoms with Crippen LogP contribution < -0.4 is 5.73 Å². The van der Waals surface area contributed by atoms with E-state index in [0.29, 0.717) is 12.5 Å². The highest BCUT2D eigenvalue weighted by molar-refractivity contribution is 7.11. The molecule has 0 radical (unpaired) electrons. The minimum absolute atomic E-state index is 0.299. The van der Waals surface area contributed by atoms with Crippen LogP contribution >= 0.6 is 11.3 Å². The molecule has 0 amide bonds. The van der Waals surface area contributed by atoms with Crippen LogP contribution in [-0.4, -0.2) is 16.1 Å². The van der Waals surface area contributed by atoms with Crippen LogP contribution in [-0.2, 0) is 13.5 Å². The summed E-state index contributed by atoms with van der Waals surface area (Å²) in [6.07, 6.45) is 3.17. The fraction of sp³-hybridized carbons (Fsp3) is 0.353. The normalized spacial score (nSPS) is 13.0. The van der Waals surface area contributed by atoms with Crippen molar-refractivity contribution in [1.82, 2.24) is 9.55 Å². The van der Waals surface area contributed by atoms with Crippen LogP contribution in [0.3, 0.4) is 0 Å². The van der Waals surface area contributed by atoms with E-state index in [2.05, 4.69) is 55.9 Å². The molecule has 2 aromatic heterocycles. The highest BCUT2D eigenvalue weighted by Gasteiger charge is 2.18. The number of aromatic nitrogens is 2. The third-order valence-electron chi connectivity index (χ3n) is 4.12. The van der Waals surface area contributed by atoms with Gasteiger partial charge in [0, 0.05) is 41.5 Å². The molecule has 0 aliphatic rings. The first kappa shape index (κ1) is 14.3.